The van der Waals surface area contributed by atoms with Crippen molar-refractivity contribution in [1.29, 1.82) is 0 Å². The zero-order valence-corrected chi connectivity index (χ0v) is 20.8. The molecule has 2 aromatic carbocycles. The maximum Gasteiger partial charge on any atom is 0.322 e. The number of hydrogen-bond acceptors (Lipinski definition) is 3. The van der Waals surface area contributed by atoms with Crippen molar-refractivity contribution >= 4 is 29.0 Å². The number of benzene rings is 2. The smallest absolute Gasteiger partial charge is 0.322 e. The predicted molar refractivity (Wildman–Crippen MR) is 134 cm³/mol. The van der Waals surface area contributed by atoms with Gasteiger partial charge in [-0.05, 0) is 60.7 Å². The van der Waals surface area contributed by atoms with Crippen molar-refractivity contribution in [1.82, 2.24) is 4.90 Å². The Morgan fingerprint density at radius 3 is 2.18 bits per heavy atom. The molecule has 0 heterocycles. The first-order chi connectivity index (χ1) is 15.5. The monoisotopic (exact) mass is 456 g/mol. The quantitative estimate of drug-likeness (QED) is 0.490. The minimum absolute atomic E-state index is 0.0372. The van der Waals surface area contributed by atoms with Gasteiger partial charge in [0.15, 0.2) is 0 Å². The van der Waals surface area contributed by atoms with Crippen LogP contribution in [0.3, 0.4) is 0 Å². The summed E-state index contributed by atoms with van der Waals surface area (Å²) in [7, 11) is 3.89. The fourth-order valence-corrected chi connectivity index (χ4v) is 3.51. The van der Waals surface area contributed by atoms with Crippen LogP contribution in [-0.2, 0) is 11.3 Å². The molecule has 7 heteroatoms. The van der Waals surface area contributed by atoms with Gasteiger partial charge in [0, 0.05) is 50.2 Å². The zero-order chi connectivity index (χ0) is 24.7. The number of urea groups is 1. The number of nitrogens with zero attached hydrogens (tertiary/aromatic N) is 2. The number of anilines is 3. The summed E-state index contributed by atoms with van der Waals surface area (Å²) in [4.78, 5) is 29.3. The third-order valence-corrected chi connectivity index (χ3v) is 5.57. The Morgan fingerprint density at radius 1 is 0.939 bits per heavy atom. The number of amides is 3. The van der Waals surface area contributed by atoms with Crippen molar-refractivity contribution in [3.8, 4) is 0 Å². The van der Waals surface area contributed by atoms with Gasteiger partial charge in [0.25, 0.3) is 0 Å². The lowest BCUT2D eigenvalue weighted by molar-refractivity contribution is -0.116. The van der Waals surface area contributed by atoms with Gasteiger partial charge in [-0.25, -0.2) is 9.18 Å². The summed E-state index contributed by atoms with van der Waals surface area (Å²) in [6.45, 7) is 10.5. The van der Waals surface area contributed by atoms with Crippen LogP contribution in [-0.4, -0.2) is 37.0 Å². The SMILES string of the molecule is CC(C)CC(=O)Nc1ccc(N(C)C)c(CN(C(=O)Nc2cccc(F)c2)C(C)C(C)C)c1. The molecular formula is C26H37FN4O2. The summed E-state index contributed by atoms with van der Waals surface area (Å²) in [5, 5.41) is 5.78. The number of carbonyl (C=O) groups excluding carboxylic acids is 2. The highest BCUT2D eigenvalue weighted by Crippen LogP contribution is 2.27. The van der Waals surface area contributed by atoms with Crippen LogP contribution in [0.4, 0.5) is 26.2 Å². The molecule has 6 nitrogen and oxygen atoms in total. The highest BCUT2D eigenvalue weighted by atomic mass is 19.1. The molecule has 1 atom stereocenters. The van der Waals surface area contributed by atoms with Crippen molar-refractivity contribution < 1.29 is 14.0 Å². The van der Waals surface area contributed by atoms with E-state index in [9.17, 15) is 14.0 Å². The molecule has 0 aromatic heterocycles. The topological polar surface area (TPSA) is 64.7 Å². The van der Waals surface area contributed by atoms with Gasteiger partial charge in [0.1, 0.15) is 5.82 Å². The van der Waals surface area contributed by atoms with Gasteiger partial charge >= 0.3 is 6.03 Å². The molecule has 0 bridgehead atoms. The Labute approximate surface area is 197 Å². The standard InChI is InChI=1S/C26H37FN4O2/c1-17(2)13-25(32)28-23-11-12-24(30(6)7)20(14-23)16-31(19(5)18(3)4)26(33)29-22-10-8-9-21(27)15-22/h8-12,14-15,17-19H,13,16H2,1-7H3,(H,28,32)(H,29,33). The Balaban J connectivity index is 2.35. The number of halogens is 1. The fraction of sp³-hybridized carbons (Fsp3) is 0.462. The number of carbonyl (C=O) groups is 2. The van der Waals surface area contributed by atoms with Gasteiger partial charge in [0.2, 0.25) is 5.91 Å². The summed E-state index contributed by atoms with van der Waals surface area (Å²) >= 11 is 0. The maximum absolute atomic E-state index is 13.6. The van der Waals surface area contributed by atoms with Crippen LogP contribution in [0.2, 0.25) is 0 Å². The molecule has 0 aliphatic rings. The van der Waals surface area contributed by atoms with Crippen LogP contribution in [0, 0.1) is 17.7 Å². The lowest BCUT2D eigenvalue weighted by atomic mass is 10.0. The molecule has 180 valence electrons. The van der Waals surface area contributed by atoms with E-state index in [4.69, 9.17) is 0 Å². The van der Waals surface area contributed by atoms with Gasteiger partial charge in [0.05, 0.1) is 0 Å². The Hall–Kier alpha value is -3.09. The van der Waals surface area contributed by atoms with E-state index < -0.39 is 5.82 Å². The summed E-state index contributed by atoms with van der Waals surface area (Å²) in [5.41, 5.74) is 2.97. The molecule has 3 amide bonds. The van der Waals surface area contributed by atoms with Crippen molar-refractivity contribution in [3.63, 3.8) is 0 Å². The van der Waals surface area contributed by atoms with Crippen LogP contribution in [0.15, 0.2) is 42.5 Å². The normalized spacial score (nSPS) is 11.9. The van der Waals surface area contributed by atoms with Crippen LogP contribution >= 0.6 is 0 Å². The average Bonchev–Trinajstić information content (AvgIpc) is 2.70. The average molecular weight is 457 g/mol. The Kier molecular flexibility index (Phi) is 9.26. The minimum Gasteiger partial charge on any atom is -0.377 e. The first-order valence-electron chi connectivity index (χ1n) is 11.4. The highest BCUT2D eigenvalue weighted by molar-refractivity contribution is 5.91. The first kappa shape index (κ1) is 26.2. The van der Waals surface area contributed by atoms with Crippen LogP contribution in [0.1, 0.15) is 46.6 Å². The lowest BCUT2D eigenvalue weighted by Gasteiger charge is -2.33. The van der Waals surface area contributed by atoms with Crippen molar-refractivity contribution in [2.24, 2.45) is 11.8 Å². The molecule has 0 aliphatic carbocycles. The van der Waals surface area contributed by atoms with Gasteiger partial charge in [-0.1, -0.05) is 33.8 Å². The summed E-state index contributed by atoms with van der Waals surface area (Å²) in [6.07, 6.45) is 0.442. The van der Waals surface area contributed by atoms with E-state index in [1.807, 2.05) is 58.0 Å². The molecule has 2 N–H and O–H groups in total. The van der Waals surface area contributed by atoms with E-state index in [0.29, 0.717) is 24.3 Å². The molecule has 33 heavy (non-hydrogen) atoms. The van der Waals surface area contributed by atoms with E-state index in [1.54, 1.807) is 17.0 Å². The second-order valence-corrected chi connectivity index (χ2v) is 9.44. The molecule has 2 rings (SSSR count). The largest absolute Gasteiger partial charge is 0.377 e. The van der Waals surface area contributed by atoms with E-state index in [2.05, 4.69) is 24.5 Å². The summed E-state index contributed by atoms with van der Waals surface area (Å²) < 4.78 is 13.6. The second kappa shape index (κ2) is 11.7. The van der Waals surface area contributed by atoms with E-state index in [1.165, 1.54) is 12.1 Å². The van der Waals surface area contributed by atoms with Gasteiger partial charge in [-0.15, -0.1) is 0 Å². The molecule has 0 saturated carbocycles. The van der Waals surface area contributed by atoms with Gasteiger partial charge in [-0.3, -0.25) is 4.79 Å². The molecule has 0 spiro atoms. The Morgan fingerprint density at radius 2 is 1.61 bits per heavy atom. The maximum atomic E-state index is 13.6. The second-order valence-electron chi connectivity index (χ2n) is 9.44. The fourth-order valence-electron chi connectivity index (χ4n) is 3.51. The lowest BCUT2D eigenvalue weighted by Crippen LogP contribution is -2.43. The van der Waals surface area contributed by atoms with Gasteiger partial charge < -0.3 is 20.4 Å². The minimum atomic E-state index is -0.406. The summed E-state index contributed by atoms with van der Waals surface area (Å²) in [6, 6.07) is 11.2. The number of rotatable bonds is 9. The van der Waals surface area contributed by atoms with Crippen molar-refractivity contribution in [2.45, 2.75) is 53.6 Å². The molecule has 0 radical (unpaired) electrons. The molecule has 0 saturated heterocycles. The van der Waals surface area contributed by atoms with Crippen molar-refractivity contribution in [3.05, 3.63) is 53.8 Å². The summed E-state index contributed by atoms with van der Waals surface area (Å²) in [5.74, 6) is 0.0280. The van der Waals surface area contributed by atoms with Gasteiger partial charge in [-0.2, -0.15) is 0 Å². The zero-order valence-electron chi connectivity index (χ0n) is 20.8. The van der Waals surface area contributed by atoms with E-state index >= 15 is 0 Å². The number of nitrogens with one attached hydrogen (secondary N) is 2. The van der Waals surface area contributed by atoms with Crippen LogP contribution < -0.4 is 15.5 Å². The van der Waals surface area contributed by atoms with Crippen molar-refractivity contribution in [2.75, 3.05) is 29.6 Å². The first-order valence-corrected chi connectivity index (χ1v) is 11.4. The van der Waals surface area contributed by atoms with Crippen LogP contribution in [0.25, 0.3) is 0 Å². The van der Waals surface area contributed by atoms with Crippen LogP contribution in [0.5, 0.6) is 0 Å². The molecule has 1 unspecified atom stereocenters. The van der Waals surface area contributed by atoms with E-state index in [-0.39, 0.29) is 29.8 Å². The molecule has 0 fully saturated rings. The Bertz CT molecular complexity index is 959. The highest BCUT2D eigenvalue weighted by Gasteiger charge is 2.25. The number of hydrogen-bond donors (Lipinski definition) is 2. The third kappa shape index (κ3) is 7.77. The molecular weight excluding hydrogens is 419 g/mol. The molecule has 0 aliphatic heterocycles. The third-order valence-electron chi connectivity index (χ3n) is 5.57. The van der Waals surface area contributed by atoms with E-state index in [0.717, 1.165) is 11.3 Å². The predicted octanol–water partition coefficient (Wildman–Crippen LogP) is 5.95. The molecule has 2 aromatic rings.